The largest absolute Gasteiger partial charge is 0.393 e. The van der Waals surface area contributed by atoms with Gasteiger partial charge in [-0.3, -0.25) is 0 Å². The lowest BCUT2D eigenvalue weighted by molar-refractivity contribution is 0.0590. The second kappa shape index (κ2) is 6.96. The van der Waals surface area contributed by atoms with Crippen LogP contribution in [0.25, 0.3) is 0 Å². The molecule has 0 radical (unpaired) electrons. The molecule has 0 aromatic heterocycles. The zero-order chi connectivity index (χ0) is 14.7. The van der Waals surface area contributed by atoms with E-state index in [9.17, 15) is 5.11 Å². The van der Waals surface area contributed by atoms with Crippen LogP contribution in [0, 0.1) is 11.8 Å². The number of hydrogen-bond acceptors (Lipinski definition) is 1. The molecule has 1 aromatic rings. The van der Waals surface area contributed by atoms with Crippen LogP contribution in [0.2, 0.25) is 0 Å². The van der Waals surface area contributed by atoms with Gasteiger partial charge in [0, 0.05) is 0 Å². The first kappa shape index (κ1) is 15.1. The van der Waals surface area contributed by atoms with Crippen LogP contribution in [0.1, 0.15) is 75.3 Å². The van der Waals surface area contributed by atoms with Gasteiger partial charge in [-0.15, -0.1) is 0 Å². The maximum Gasteiger partial charge on any atom is 0.0574 e. The molecule has 1 nitrogen and oxygen atoms in total. The summed E-state index contributed by atoms with van der Waals surface area (Å²) in [7, 11) is 0. The number of hydrogen-bond donors (Lipinski definition) is 1. The Labute approximate surface area is 129 Å². The average Bonchev–Trinajstić information content (AvgIpc) is 2.55. The van der Waals surface area contributed by atoms with Crippen LogP contribution >= 0.6 is 0 Å². The van der Waals surface area contributed by atoms with Crippen LogP contribution in [0.4, 0.5) is 0 Å². The summed E-state index contributed by atoms with van der Waals surface area (Å²) in [6, 6.07) is 8.89. The van der Waals surface area contributed by atoms with Crippen molar-refractivity contribution in [1.82, 2.24) is 0 Å². The van der Waals surface area contributed by atoms with Crippen molar-refractivity contribution in [2.75, 3.05) is 0 Å². The predicted octanol–water partition coefficient (Wildman–Crippen LogP) is 5.07. The van der Waals surface area contributed by atoms with E-state index >= 15 is 0 Å². The zero-order valence-electron chi connectivity index (χ0n) is 13.4. The van der Waals surface area contributed by atoms with Gasteiger partial charge < -0.3 is 5.11 Å². The molecule has 3 rings (SSSR count). The Hall–Kier alpha value is -0.820. The number of aliphatic hydroxyl groups excluding tert-OH is 1. The summed E-state index contributed by atoms with van der Waals surface area (Å²) in [6.45, 7) is 2.31. The Balaban J connectivity index is 1.60. The van der Waals surface area contributed by atoms with Gasteiger partial charge in [-0.05, 0) is 67.4 Å². The Morgan fingerprint density at radius 1 is 1.10 bits per heavy atom. The molecular formula is C20H30O. The predicted molar refractivity (Wildman–Crippen MR) is 88.5 cm³/mol. The molecule has 0 heterocycles. The lowest BCUT2D eigenvalue weighted by Crippen LogP contribution is -2.28. The van der Waals surface area contributed by atoms with Crippen LogP contribution in [0.15, 0.2) is 24.3 Å². The maximum atomic E-state index is 10.7. The monoisotopic (exact) mass is 286 g/mol. The molecule has 0 saturated heterocycles. The average molecular weight is 286 g/mol. The molecule has 21 heavy (non-hydrogen) atoms. The summed E-state index contributed by atoms with van der Waals surface area (Å²) in [5.41, 5.74) is 3.04. The van der Waals surface area contributed by atoms with E-state index in [0.29, 0.717) is 11.8 Å². The summed E-state index contributed by atoms with van der Waals surface area (Å²) < 4.78 is 0. The highest BCUT2D eigenvalue weighted by atomic mass is 16.3. The number of fused-ring (bicyclic) bond motifs is 1. The molecule has 2 aliphatic rings. The van der Waals surface area contributed by atoms with Crippen molar-refractivity contribution in [3.05, 3.63) is 35.4 Å². The molecule has 2 atom stereocenters. The minimum Gasteiger partial charge on any atom is -0.393 e. The second-order valence-electron chi connectivity index (χ2n) is 7.28. The smallest absolute Gasteiger partial charge is 0.0574 e. The molecule has 1 fully saturated rings. The highest BCUT2D eigenvalue weighted by Gasteiger charge is 2.29. The molecule has 0 spiro atoms. The maximum absolute atomic E-state index is 10.7. The van der Waals surface area contributed by atoms with E-state index in [1.54, 1.807) is 0 Å². The van der Waals surface area contributed by atoms with Crippen molar-refractivity contribution in [3.63, 3.8) is 0 Å². The molecule has 1 N–H and O–H groups in total. The number of aryl methyl sites for hydroxylation is 1. The lowest BCUT2D eigenvalue weighted by Gasteiger charge is -2.34. The standard InChI is InChI=1S/C20H30O/c1-2-15-10-12-17(13-11-15)20(21)14-18-8-5-7-16-6-3-4-9-19(16)18/h3-4,6,9,15,17-18,20-21H,2,5,7-8,10-14H2,1H3. The van der Waals surface area contributed by atoms with Crippen molar-refractivity contribution < 1.29 is 5.11 Å². The highest BCUT2D eigenvalue weighted by Crippen LogP contribution is 2.39. The third-order valence-electron chi connectivity index (χ3n) is 6.03. The molecule has 116 valence electrons. The first-order valence-electron chi connectivity index (χ1n) is 9.03. The molecule has 1 heteroatoms. The summed E-state index contributed by atoms with van der Waals surface area (Å²) in [6.07, 6.45) is 11.1. The van der Waals surface area contributed by atoms with Gasteiger partial charge in [0.1, 0.15) is 0 Å². The van der Waals surface area contributed by atoms with Gasteiger partial charge in [-0.25, -0.2) is 0 Å². The van der Waals surface area contributed by atoms with Gasteiger partial charge in [-0.1, -0.05) is 50.5 Å². The van der Waals surface area contributed by atoms with Gasteiger partial charge in [0.15, 0.2) is 0 Å². The second-order valence-corrected chi connectivity index (χ2v) is 7.28. The quantitative estimate of drug-likeness (QED) is 0.819. The Kier molecular flexibility index (Phi) is 5.00. The fourth-order valence-corrected chi connectivity index (χ4v) is 4.56. The van der Waals surface area contributed by atoms with Crippen LogP contribution in [0.3, 0.4) is 0 Å². The summed E-state index contributed by atoms with van der Waals surface area (Å²) >= 11 is 0. The van der Waals surface area contributed by atoms with Gasteiger partial charge >= 0.3 is 0 Å². The van der Waals surface area contributed by atoms with E-state index in [0.717, 1.165) is 12.3 Å². The first-order chi connectivity index (χ1) is 10.3. The van der Waals surface area contributed by atoms with E-state index in [1.807, 2.05) is 0 Å². The fourth-order valence-electron chi connectivity index (χ4n) is 4.56. The molecule has 0 bridgehead atoms. The first-order valence-corrected chi connectivity index (χ1v) is 9.03. The zero-order valence-corrected chi connectivity index (χ0v) is 13.4. The van der Waals surface area contributed by atoms with Crippen molar-refractivity contribution in [2.24, 2.45) is 11.8 Å². The number of benzene rings is 1. The Morgan fingerprint density at radius 2 is 1.86 bits per heavy atom. The molecule has 1 saturated carbocycles. The third-order valence-corrected chi connectivity index (χ3v) is 6.03. The van der Waals surface area contributed by atoms with Gasteiger partial charge in [0.25, 0.3) is 0 Å². The van der Waals surface area contributed by atoms with Gasteiger partial charge in [-0.2, -0.15) is 0 Å². The van der Waals surface area contributed by atoms with E-state index in [2.05, 4.69) is 31.2 Å². The SMILES string of the molecule is CCC1CCC(C(O)CC2CCCc3ccccc32)CC1. The molecule has 2 unspecified atom stereocenters. The van der Waals surface area contributed by atoms with E-state index < -0.39 is 0 Å². The fraction of sp³-hybridized carbons (Fsp3) is 0.700. The van der Waals surface area contributed by atoms with Crippen LogP contribution in [0.5, 0.6) is 0 Å². The van der Waals surface area contributed by atoms with Crippen molar-refractivity contribution >= 4 is 0 Å². The summed E-state index contributed by atoms with van der Waals surface area (Å²) in [4.78, 5) is 0. The van der Waals surface area contributed by atoms with Crippen LogP contribution in [-0.4, -0.2) is 11.2 Å². The van der Waals surface area contributed by atoms with Gasteiger partial charge in [0.2, 0.25) is 0 Å². The Morgan fingerprint density at radius 3 is 2.62 bits per heavy atom. The van der Waals surface area contributed by atoms with Gasteiger partial charge in [0.05, 0.1) is 6.10 Å². The summed E-state index contributed by atoms with van der Waals surface area (Å²) in [5, 5.41) is 10.7. The molecule has 2 aliphatic carbocycles. The minimum atomic E-state index is -0.0843. The Bertz CT molecular complexity index is 445. The highest BCUT2D eigenvalue weighted by molar-refractivity contribution is 5.32. The molecular weight excluding hydrogens is 256 g/mol. The topological polar surface area (TPSA) is 20.2 Å². The minimum absolute atomic E-state index is 0.0843. The van der Waals surface area contributed by atoms with E-state index in [4.69, 9.17) is 0 Å². The number of rotatable bonds is 4. The normalized spacial score (nSPS) is 30.7. The lowest BCUT2D eigenvalue weighted by atomic mass is 9.74. The van der Waals surface area contributed by atoms with E-state index in [-0.39, 0.29) is 6.10 Å². The summed E-state index contributed by atoms with van der Waals surface area (Å²) in [5.74, 6) is 2.07. The third kappa shape index (κ3) is 3.51. The number of aliphatic hydroxyl groups is 1. The van der Waals surface area contributed by atoms with Crippen molar-refractivity contribution in [2.45, 2.75) is 76.7 Å². The van der Waals surface area contributed by atoms with Crippen molar-refractivity contribution in [1.29, 1.82) is 0 Å². The molecule has 0 aliphatic heterocycles. The van der Waals surface area contributed by atoms with E-state index in [1.165, 1.54) is 62.5 Å². The van der Waals surface area contributed by atoms with Crippen molar-refractivity contribution in [3.8, 4) is 0 Å². The molecule has 1 aromatic carbocycles. The van der Waals surface area contributed by atoms with Crippen LogP contribution in [-0.2, 0) is 6.42 Å². The van der Waals surface area contributed by atoms with Crippen LogP contribution < -0.4 is 0 Å². The molecule has 0 amide bonds.